The Balaban J connectivity index is 1.01. The third kappa shape index (κ3) is 5.17. The lowest BCUT2D eigenvalue weighted by atomic mass is 9.98. The average molecular weight is 713 g/mol. The molecule has 0 aliphatic carbocycles. The van der Waals surface area contributed by atoms with E-state index in [1.54, 1.807) is 0 Å². The maximum absolute atomic E-state index is 5.28. The molecule has 0 unspecified atom stereocenters. The zero-order valence-corrected chi connectivity index (χ0v) is 30.8. The molecule has 0 atom stereocenters. The number of aromatic nitrogens is 4. The second kappa shape index (κ2) is 12.6. The molecule has 0 amide bonds. The molecule has 0 spiro atoms. The predicted molar refractivity (Wildman–Crippen MR) is 232 cm³/mol. The molecule has 4 heteroatoms. The first-order valence-corrected chi connectivity index (χ1v) is 18.9. The monoisotopic (exact) mass is 712 g/mol. The fraction of sp³-hybridized carbons (Fsp3) is 0.0385. The van der Waals surface area contributed by atoms with Crippen LogP contribution in [0.5, 0.6) is 0 Å². The van der Waals surface area contributed by atoms with Gasteiger partial charge in [0.2, 0.25) is 0 Å². The summed E-state index contributed by atoms with van der Waals surface area (Å²) in [5.74, 6) is 0. The van der Waals surface area contributed by atoms with E-state index in [1.807, 2.05) is 0 Å². The summed E-state index contributed by atoms with van der Waals surface area (Å²) in [6, 6.07) is 62.0. The molecule has 4 nitrogen and oxygen atoms in total. The first kappa shape index (κ1) is 32.0. The van der Waals surface area contributed by atoms with Gasteiger partial charge in [-0.15, -0.1) is 0 Å². The minimum Gasteiger partial charge on any atom is -0.245 e. The van der Waals surface area contributed by atoms with E-state index in [-0.39, 0.29) is 0 Å². The number of rotatable bonds is 4. The van der Waals surface area contributed by atoms with E-state index in [4.69, 9.17) is 19.9 Å². The van der Waals surface area contributed by atoms with E-state index in [2.05, 4.69) is 184 Å². The Morgan fingerprint density at radius 2 is 0.875 bits per heavy atom. The third-order valence-corrected chi connectivity index (χ3v) is 11.2. The minimum absolute atomic E-state index is 0.763. The molecule has 0 saturated carbocycles. The van der Waals surface area contributed by atoms with Gasteiger partial charge in [0.1, 0.15) is 11.2 Å². The second-order valence-electron chi connectivity index (χ2n) is 14.6. The van der Waals surface area contributed by atoms with Crippen LogP contribution < -0.4 is 0 Å². The highest BCUT2D eigenvalue weighted by molar-refractivity contribution is 6.07. The van der Waals surface area contributed by atoms with Crippen LogP contribution in [-0.2, 0) is 0 Å². The van der Waals surface area contributed by atoms with Crippen molar-refractivity contribution in [1.82, 2.24) is 19.9 Å². The fourth-order valence-corrected chi connectivity index (χ4v) is 8.21. The summed E-state index contributed by atoms with van der Waals surface area (Å²) in [7, 11) is 0. The summed E-state index contributed by atoms with van der Waals surface area (Å²) in [5, 5.41) is 8.84. The number of pyridine rings is 3. The highest BCUT2D eigenvalue weighted by atomic mass is 14.8. The maximum atomic E-state index is 5.28. The SMILES string of the molecule is Cc1ccc(-c2c#cc3ccc4ccc(-c5cccc(-c6ccc7ccc8ccc(-c9cccc%10c(C)cccc9%10)nc8c7n6)c5)nc4c3n2)c2ccccc12. The third-order valence-electron chi connectivity index (χ3n) is 11.2. The summed E-state index contributed by atoms with van der Waals surface area (Å²) in [4.78, 5) is 21.0. The molecule has 0 aliphatic rings. The van der Waals surface area contributed by atoms with Crippen LogP contribution in [0, 0.1) is 26.0 Å². The zero-order valence-electron chi connectivity index (χ0n) is 30.8. The van der Waals surface area contributed by atoms with Gasteiger partial charge in [-0.1, -0.05) is 133 Å². The molecule has 7 aromatic carbocycles. The molecule has 56 heavy (non-hydrogen) atoms. The Morgan fingerprint density at radius 1 is 0.357 bits per heavy atom. The van der Waals surface area contributed by atoms with E-state index in [0.717, 1.165) is 94.0 Å². The number of nitrogens with zero attached hydrogens (tertiary/aromatic N) is 4. The van der Waals surface area contributed by atoms with E-state index in [0.29, 0.717) is 0 Å². The predicted octanol–water partition coefficient (Wildman–Crippen LogP) is 13.1. The Kier molecular flexibility index (Phi) is 7.17. The number of aryl methyl sites for hydroxylation is 2. The molecule has 0 aliphatic heterocycles. The normalized spacial score (nSPS) is 11.6. The quantitative estimate of drug-likeness (QED) is 0.170. The van der Waals surface area contributed by atoms with Crippen LogP contribution in [0.25, 0.3) is 110 Å². The number of hydrogen-bond donors (Lipinski definition) is 0. The van der Waals surface area contributed by atoms with Crippen molar-refractivity contribution in [3.8, 4) is 45.0 Å². The summed E-state index contributed by atoms with van der Waals surface area (Å²) >= 11 is 0. The topological polar surface area (TPSA) is 51.6 Å². The molecule has 11 rings (SSSR count). The number of fused-ring (bicyclic) bond motifs is 8. The smallest absolute Gasteiger partial charge is 0.122 e. The van der Waals surface area contributed by atoms with Crippen molar-refractivity contribution in [2.75, 3.05) is 0 Å². The molecule has 4 aromatic heterocycles. The van der Waals surface area contributed by atoms with Gasteiger partial charge < -0.3 is 0 Å². The van der Waals surface area contributed by atoms with Gasteiger partial charge in [-0.05, 0) is 82.9 Å². The molecule has 11 aromatic rings. The van der Waals surface area contributed by atoms with Crippen LogP contribution in [0.3, 0.4) is 0 Å². The van der Waals surface area contributed by atoms with E-state index >= 15 is 0 Å². The molecule has 0 saturated heterocycles. The van der Waals surface area contributed by atoms with Crippen LogP contribution in [0.15, 0.2) is 158 Å². The summed E-state index contributed by atoms with van der Waals surface area (Å²) in [5.41, 5.74) is 13.5. The summed E-state index contributed by atoms with van der Waals surface area (Å²) in [6.45, 7) is 4.30. The van der Waals surface area contributed by atoms with Gasteiger partial charge in [-0.25, -0.2) is 19.9 Å². The van der Waals surface area contributed by atoms with Crippen molar-refractivity contribution in [2.45, 2.75) is 13.8 Å². The lowest BCUT2D eigenvalue weighted by Crippen LogP contribution is -1.93. The Hall–Kier alpha value is -7.48. The van der Waals surface area contributed by atoms with Gasteiger partial charge in [0.05, 0.1) is 39.0 Å². The zero-order chi connectivity index (χ0) is 37.3. The Morgan fingerprint density at radius 3 is 1.61 bits per heavy atom. The Bertz CT molecular complexity index is 3220. The number of benzene rings is 7. The standard InChI is InChI=1S/C52H32N4/c1-31-8-5-14-42-40(31)13-7-15-43(42)47-28-23-35-19-17-33-21-26-45(53-49(33)51(35)55-47)37-9-6-10-38(30-37)46-27-22-34-18-20-36-24-29-48(56-52(36)50(34)54-46)44-25-16-32(2)39-11-3-4-12-41(39)44/h3-23,25-28,30H,1-2H3. The van der Waals surface area contributed by atoms with Gasteiger partial charge >= 0.3 is 0 Å². The van der Waals surface area contributed by atoms with Gasteiger partial charge in [0.25, 0.3) is 0 Å². The van der Waals surface area contributed by atoms with Gasteiger partial charge in [0.15, 0.2) is 0 Å². The largest absolute Gasteiger partial charge is 0.245 e. The van der Waals surface area contributed by atoms with Crippen molar-refractivity contribution in [3.05, 3.63) is 181 Å². The van der Waals surface area contributed by atoms with Crippen molar-refractivity contribution in [3.63, 3.8) is 0 Å². The van der Waals surface area contributed by atoms with Crippen LogP contribution in [0.1, 0.15) is 11.1 Å². The molecule has 4 heterocycles. The maximum Gasteiger partial charge on any atom is 0.122 e. The average Bonchev–Trinajstić information content (AvgIpc) is 3.26. The lowest BCUT2D eigenvalue weighted by molar-refractivity contribution is 1.36. The van der Waals surface area contributed by atoms with Crippen molar-refractivity contribution < 1.29 is 0 Å². The Labute approximate surface area is 323 Å². The van der Waals surface area contributed by atoms with E-state index in [1.165, 1.54) is 27.3 Å². The fourth-order valence-electron chi connectivity index (χ4n) is 8.21. The van der Waals surface area contributed by atoms with Crippen LogP contribution in [0.2, 0.25) is 0 Å². The van der Waals surface area contributed by atoms with Crippen molar-refractivity contribution in [1.29, 1.82) is 0 Å². The molecule has 0 fully saturated rings. The molecular formula is C52H32N4. The summed E-state index contributed by atoms with van der Waals surface area (Å²) in [6.07, 6.45) is 0. The van der Waals surface area contributed by atoms with Crippen LogP contribution in [-0.4, -0.2) is 19.9 Å². The van der Waals surface area contributed by atoms with E-state index < -0.39 is 0 Å². The molecular weight excluding hydrogens is 681 g/mol. The molecule has 260 valence electrons. The minimum atomic E-state index is 0.763. The highest BCUT2D eigenvalue weighted by Gasteiger charge is 2.14. The first-order valence-electron chi connectivity index (χ1n) is 18.9. The van der Waals surface area contributed by atoms with E-state index in [9.17, 15) is 0 Å². The highest BCUT2D eigenvalue weighted by Crippen LogP contribution is 2.35. The molecule has 0 bridgehead atoms. The van der Waals surface area contributed by atoms with Gasteiger partial charge in [-0.3, -0.25) is 0 Å². The van der Waals surface area contributed by atoms with Gasteiger partial charge in [-0.2, -0.15) is 0 Å². The second-order valence-corrected chi connectivity index (χ2v) is 14.6. The number of hydrogen-bond acceptors (Lipinski definition) is 4. The molecule has 0 radical (unpaired) electrons. The van der Waals surface area contributed by atoms with Crippen LogP contribution in [0.4, 0.5) is 0 Å². The lowest BCUT2D eigenvalue weighted by Gasteiger charge is -2.11. The van der Waals surface area contributed by atoms with Crippen molar-refractivity contribution in [2.24, 2.45) is 0 Å². The van der Waals surface area contributed by atoms with Crippen LogP contribution >= 0.6 is 0 Å². The molecule has 0 N–H and O–H groups in total. The summed E-state index contributed by atoms with van der Waals surface area (Å²) < 4.78 is 0. The first-order chi connectivity index (χ1) is 27.6. The van der Waals surface area contributed by atoms with Gasteiger partial charge in [0, 0.05) is 38.4 Å². The van der Waals surface area contributed by atoms with Crippen molar-refractivity contribution >= 4 is 65.2 Å².